The topological polar surface area (TPSA) is 68.0 Å². The zero-order chi connectivity index (χ0) is 12.3. The lowest BCUT2D eigenvalue weighted by Gasteiger charge is -2.04. The molecule has 0 aliphatic rings. The summed E-state index contributed by atoms with van der Waals surface area (Å²) in [6.45, 7) is 2.60. The van der Waals surface area contributed by atoms with Gasteiger partial charge in [-0.1, -0.05) is 24.6 Å². The van der Waals surface area contributed by atoms with Crippen LogP contribution < -0.4 is 0 Å². The highest BCUT2D eigenvalue weighted by Crippen LogP contribution is 2.14. The Morgan fingerprint density at radius 3 is 3.00 bits per heavy atom. The van der Waals surface area contributed by atoms with Crippen LogP contribution in [0.4, 0.5) is 0 Å². The van der Waals surface area contributed by atoms with E-state index in [-0.39, 0.29) is 5.69 Å². The van der Waals surface area contributed by atoms with Gasteiger partial charge in [-0.05, 0) is 17.9 Å². The number of carboxylic acids is 1. The van der Waals surface area contributed by atoms with Gasteiger partial charge in [0.1, 0.15) is 0 Å². The first kappa shape index (κ1) is 11.8. The minimum Gasteiger partial charge on any atom is -0.476 e. The van der Waals surface area contributed by atoms with Crippen molar-refractivity contribution in [1.29, 1.82) is 0 Å². The third-order valence-electron chi connectivity index (χ3n) is 2.41. The van der Waals surface area contributed by atoms with E-state index in [1.165, 1.54) is 0 Å². The third-order valence-corrected chi connectivity index (χ3v) is 3.27. The molecule has 17 heavy (non-hydrogen) atoms. The van der Waals surface area contributed by atoms with Gasteiger partial charge in [-0.25, -0.2) is 9.48 Å². The van der Waals surface area contributed by atoms with Crippen LogP contribution >= 0.6 is 11.3 Å². The summed E-state index contributed by atoms with van der Waals surface area (Å²) in [5.74, 6) is -1.01. The fourth-order valence-electron chi connectivity index (χ4n) is 1.66. The molecule has 2 heterocycles. The lowest BCUT2D eigenvalue weighted by Crippen LogP contribution is -2.08. The van der Waals surface area contributed by atoms with Crippen LogP contribution in [0.1, 0.15) is 34.4 Å². The molecule has 0 amide bonds. The maximum Gasteiger partial charge on any atom is 0.358 e. The Kier molecular flexibility index (Phi) is 3.53. The van der Waals surface area contributed by atoms with Crippen molar-refractivity contribution in [3.05, 3.63) is 33.8 Å². The van der Waals surface area contributed by atoms with Crippen molar-refractivity contribution < 1.29 is 9.90 Å². The van der Waals surface area contributed by atoms with Gasteiger partial charge < -0.3 is 5.11 Å². The van der Waals surface area contributed by atoms with Crippen molar-refractivity contribution in [3.8, 4) is 0 Å². The van der Waals surface area contributed by atoms with E-state index >= 15 is 0 Å². The van der Waals surface area contributed by atoms with Crippen LogP contribution in [0.5, 0.6) is 0 Å². The van der Waals surface area contributed by atoms with Crippen molar-refractivity contribution >= 4 is 17.3 Å². The predicted octanol–water partition coefficient (Wildman–Crippen LogP) is 2.04. The first-order valence-corrected chi connectivity index (χ1v) is 6.28. The highest BCUT2D eigenvalue weighted by atomic mass is 32.1. The zero-order valence-electron chi connectivity index (χ0n) is 9.46. The molecule has 5 nitrogen and oxygen atoms in total. The van der Waals surface area contributed by atoms with Gasteiger partial charge in [0.25, 0.3) is 0 Å². The molecule has 6 heteroatoms. The minimum atomic E-state index is -1.01. The van der Waals surface area contributed by atoms with Crippen molar-refractivity contribution in [1.82, 2.24) is 15.0 Å². The second kappa shape index (κ2) is 5.09. The first-order chi connectivity index (χ1) is 8.22. The van der Waals surface area contributed by atoms with Gasteiger partial charge in [-0.15, -0.1) is 16.4 Å². The minimum absolute atomic E-state index is 0.0726. The second-order valence-corrected chi connectivity index (χ2v) is 4.71. The summed E-state index contributed by atoms with van der Waals surface area (Å²) in [7, 11) is 0. The summed E-state index contributed by atoms with van der Waals surface area (Å²) in [6.07, 6.45) is 1.55. The van der Waals surface area contributed by atoms with E-state index in [2.05, 4.69) is 10.3 Å². The van der Waals surface area contributed by atoms with Crippen molar-refractivity contribution in [3.63, 3.8) is 0 Å². The molecule has 2 aromatic heterocycles. The molecule has 90 valence electrons. The number of nitrogens with zero attached hydrogens (tertiary/aromatic N) is 3. The summed E-state index contributed by atoms with van der Waals surface area (Å²) < 4.78 is 1.68. The van der Waals surface area contributed by atoms with E-state index in [1.54, 1.807) is 16.0 Å². The molecule has 0 spiro atoms. The van der Waals surface area contributed by atoms with Crippen molar-refractivity contribution in [2.75, 3.05) is 0 Å². The van der Waals surface area contributed by atoms with Crippen LogP contribution in [0.15, 0.2) is 17.5 Å². The standard InChI is InChI=1S/C11H13N3O2S/c1-2-4-9-10(11(15)16)12-13-14(9)7-8-5-3-6-17-8/h3,5-6H,2,4,7H2,1H3,(H,15,16). The molecular formula is C11H13N3O2S. The highest BCUT2D eigenvalue weighted by Gasteiger charge is 2.18. The van der Waals surface area contributed by atoms with Crippen LogP contribution in [0.2, 0.25) is 0 Å². The van der Waals surface area contributed by atoms with Crippen LogP contribution in [-0.2, 0) is 13.0 Å². The molecule has 0 saturated heterocycles. The summed E-state index contributed by atoms with van der Waals surface area (Å²) in [5, 5.41) is 18.7. The molecule has 0 aliphatic carbocycles. The van der Waals surface area contributed by atoms with Crippen LogP contribution in [-0.4, -0.2) is 26.1 Å². The molecule has 0 saturated carbocycles. The van der Waals surface area contributed by atoms with E-state index in [0.717, 1.165) is 11.3 Å². The number of hydrogen-bond acceptors (Lipinski definition) is 4. The zero-order valence-corrected chi connectivity index (χ0v) is 10.3. The van der Waals surface area contributed by atoms with E-state index in [0.29, 0.717) is 18.7 Å². The van der Waals surface area contributed by atoms with Crippen LogP contribution in [0.25, 0.3) is 0 Å². The number of carboxylic acid groups (broad SMARTS) is 1. The fraction of sp³-hybridized carbons (Fsp3) is 0.364. The Morgan fingerprint density at radius 1 is 1.59 bits per heavy atom. The molecular weight excluding hydrogens is 238 g/mol. The van der Waals surface area contributed by atoms with E-state index in [1.807, 2.05) is 24.4 Å². The predicted molar refractivity (Wildman–Crippen MR) is 64.4 cm³/mol. The van der Waals surface area contributed by atoms with Gasteiger partial charge in [-0.2, -0.15) is 0 Å². The smallest absolute Gasteiger partial charge is 0.358 e. The fourth-order valence-corrected chi connectivity index (χ4v) is 2.35. The Bertz CT molecular complexity index is 505. The molecule has 0 radical (unpaired) electrons. The van der Waals surface area contributed by atoms with Gasteiger partial charge in [0.2, 0.25) is 0 Å². The maximum atomic E-state index is 11.0. The Hall–Kier alpha value is -1.69. The Morgan fingerprint density at radius 2 is 2.41 bits per heavy atom. The molecule has 1 N–H and O–H groups in total. The largest absolute Gasteiger partial charge is 0.476 e. The number of aromatic carboxylic acids is 1. The average Bonchev–Trinajstić information content (AvgIpc) is 2.90. The van der Waals surface area contributed by atoms with Crippen LogP contribution in [0.3, 0.4) is 0 Å². The Balaban J connectivity index is 2.30. The number of aromatic nitrogens is 3. The summed E-state index contributed by atoms with van der Waals surface area (Å²) in [5.41, 5.74) is 0.775. The van der Waals surface area contributed by atoms with Crippen LogP contribution in [0, 0.1) is 0 Å². The molecule has 0 aromatic carbocycles. The second-order valence-electron chi connectivity index (χ2n) is 3.68. The van der Waals surface area contributed by atoms with Gasteiger partial charge in [0.05, 0.1) is 12.2 Å². The number of rotatable bonds is 5. The maximum absolute atomic E-state index is 11.0. The molecule has 2 rings (SSSR count). The summed E-state index contributed by atoms with van der Waals surface area (Å²) in [4.78, 5) is 12.1. The van der Waals surface area contributed by atoms with E-state index in [9.17, 15) is 4.79 Å². The van der Waals surface area contributed by atoms with E-state index in [4.69, 9.17) is 5.11 Å². The quantitative estimate of drug-likeness (QED) is 0.883. The highest BCUT2D eigenvalue weighted by molar-refractivity contribution is 7.09. The van der Waals surface area contributed by atoms with Crippen molar-refractivity contribution in [2.24, 2.45) is 0 Å². The monoisotopic (exact) mass is 251 g/mol. The SMILES string of the molecule is CCCc1c(C(=O)O)nnn1Cc1cccs1. The summed E-state index contributed by atoms with van der Waals surface area (Å²) >= 11 is 1.63. The molecule has 2 aromatic rings. The average molecular weight is 251 g/mol. The van der Waals surface area contributed by atoms with Gasteiger partial charge in [0, 0.05) is 4.88 Å². The normalized spacial score (nSPS) is 10.6. The third kappa shape index (κ3) is 2.52. The molecule has 0 fully saturated rings. The Labute approximate surface area is 103 Å². The van der Waals surface area contributed by atoms with Gasteiger partial charge in [-0.3, -0.25) is 0 Å². The van der Waals surface area contributed by atoms with E-state index < -0.39 is 5.97 Å². The molecule has 0 bridgehead atoms. The van der Waals surface area contributed by atoms with Crippen molar-refractivity contribution in [2.45, 2.75) is 26.3 Å². The lowest BCUT2D eigenvalue weighted by atomic mass is 10.2. The van der Waals surface area contributed by atoms with Gasteiger partial charge >= 0.3 is 5.97 Å². The lowest BCUT2D eigenvalue weighted by molar-refractivity contribution is 0.0689. The van der Waals surface area contributed by atoms with Gasteiger partial charge in [0.15, 0.2) is 5.69 Å². The number of thiophene rings is 1. The summed E-state index contributed by atoms with van der Waals surface area (Å²) in [6, 6.07) is 3.97. The molecule has 0 aliphatic heterocycles. The number of carbonyl (C=O) groups is 1. The molecule has 0 atom stereocenters. The first-order valence-electron chi connectivity index (χ1n) is 5.40. The number of hydrogen-bond donors (Lipinski definition) is 1. The molecule has 0 unspecified atom stereocenters.